The second-order valence-electron chi connectivity index (χ2n) is 3.09. The maximum absolute atomic E-state index is 3.43. The van der Waals surface area contributed by atoms with Gasteiger partial charge in [-0.3, -0.25) is 0 Å². The van der Waals surface area contributed by atoms with E-state index in [1.807, 2.05) is 0 Å². The zero-order chi connectivity index (χ0) is 6.62. The van der Waals surface area contributed by atoms with Crippen LogP contribution in [0.5, 0.6) is 0 Å². The molecule has 0 fully saturated rings. The molecule has 0 saturated carbocycles. The van der Waals surface area contributed by atoms with Crippen LogP contribution in [0.2, 0.25) is 0 Å². The molecule has 0 N–H and O–H groups in total. The average molecular weight is 109 g/mol. The molecule has 1 radical (unpaired) electrons. The van der Waals surface area contributed by atoms with Crippen LogP contribution in [0.25, 0.3) is 0 Å². The van der Waals surface area contributed by atoms with Crippen molar-refractivity contribution in [1.29, 1.82) is 0 Å². The number of hydrogen-bond acceptors (Lipinski definition) is 0. The number of hydrogen-bond donors (Lipinski definition) is 0. The molecule has 0 aromatic rings. The van der Waals surface area contributed by atoms with Crippen molar-refractivity contribution in [2.75, 3.05) is 0 Å². The van der Waals surface area contributed by atoms with Crippen LogP contribution in [0.15, 0.2) is 0 Å². The highest BCUT2D eigenvalue weighted by molar-refractivity contribution is 5.03. The highest BCUT2D eigenvalue weighted by atomic mass is 14.1. The molecule has 0 saturated heterocycles. The van der Waals surface area contributed by atoms with Gasteiger partial charge in [-0.05, 0) is 5.41 Å². The molecule has 0 nitrogen and oxygen atoms in total. The topological polar surface area (TPSA) is 0 Å². The summed E-state index contributed by atoms with van der Waals surface area (Å²) in [6.07, 6.45) is 0.941. The summed E-state index contributed by atoms with van der Waals surface area (Å²) in [6, 6.07) is 0. The molecular weight excluding hydrogens is 96.1 g/mol. The lowest BCUT2D eigenvalue weighted by Crippen LogP contribution is -2.01. The molecule has 45 valence electrons. The molecule has 0 aliphatic rings. The lowest BCUT2D eigenvalue weighted by atomic mass is 9.93. The van der Waals surface area contributed by atoms with Crippen molar-refractivity contribution in [3.63, 3.8) is 0 Å². The minimum absolute atomic E-state index is 0.338. The van der Waals surface area contributed by atoms with Gasteiger partial charge in [0, 0.05) is 13.3 Å². The monoisotopic (exact) mass is 109 g/mol. The predicted octanol–water partition coefficient (Wildman–Crippen LogP) is 2.26. The summed E-state index contributed by atoms with van der Waals surface area (Å²) in [5.74, 6) is 5.55. The fourth-order valence-electron chi connectivity index (χ4n) is 0.328. The van der Waals surface area contributed by atoms with Gasteiger partial charge in [0.2, 0.25) is 0 Å². The van der Waals surface area contributed by atoms with Crippen molar-refractivity contribution >= 4 is 0 Å². The molecule has 0 heteroatoms. The van der Waals surface area contributed by atoms with E-state index >= 15 is 0 Å². The first-order valence-electron chi connectivity index (χ1n) is 2.81. The fraction of sp³-hybridized carbons (Fsp3) is 0.625. The van der Waals surface area contributed by atoms with E-state index < -0.39 is 0 Å². The van der Waals surface area contributed by atoms with E-state index in [9.17, 15) is 0 Å². The van der Waals surface area contributed by atoms with E-state index in [0.29, 0.717) is 5.41 Å². The van der Waals surface area contributed by atoms with Crippen molar-refractivity contribution in [2.24, 2.45) is 5.41 Å². The van der Waals surface area contributed by atoms with Crippen molar-refractivity contribution in [3.05, 3.63) is 6.92 Å². The van der Waals surface area contributed by atoms with Gasteiger partial charge in [-0.2, -0.15) is 0 Å². The smallest absolute Gasteiger partial charge is 0.0198 e. The molecule has 0 aromatic carbocycles. The first-order chi connectivity index (χ1) is 3.56. The molecule has 0 aliphatic carbocycles. The molecule has 0 bridgehead atoms. The van der Waals surface area contributed by atoms with Crippen molar-refractivity contribution in [1.82, 2.24) is 0 Å². The molecule has 0 unspecified atom stereocenters. The van der Waals surface area contributed by atoms with Gasteiger partial charge in [0.15, 0.2) is 0 Å². The van der Waals surface area contributed by atoms with Gasteiger partial charge < -0.3 is 0 Å². The molecule has 0 heterocycles. The normalized spacial score (nSPS) is 10.0. The Labute approximate surface area is 52.3 Å². The van der Waals surface area contributed by atoms with E-state index in [2.05, 4.69) is 39.5 Å². The van der Waals surface area contributed by atoms with E-state index in [1.165, 1.54) is 0 Å². The summed E-state index contributed by atoms with van der Waals surface area (Å²) in [7, 11) is 0. The molecule has 0 atom stereocenters. The van der Waals surface area contributed by atoms with Crippen LogP contribution in [0.3, 0.4) is 0 Å². The van der Waals surface area contributed by atoms with Gasteiger partial charge in [0.25, 0.3) is 0 Å². The lowest BCUT2D eigenvalue weighted by molar-refractivity contribution is 0.428. The van der Waals surface area contributed by atoms with Gasteiger partial charge in [-0.15, -0.1) is 11.8 Å². The maximum atomic E-state index is 3.43. The van der Waals surface area contributed by atoms with Gasteiger partial charge in [-0.1, -0.05) is 20.8 Å². The van der Waals surface area contributed by atoms with E-state index in [-0.39, 0.29) is 0 Å². The third-order valence-electron chi connectivity index (χ3n) is 0.744. The molecule has 0 amide bonds. The Kier molecular flexibility index (Phi) is 2.62. The third-order valence-corrected chi connectivity index (χ3v) is 0.744. The Morgan fingerprint density at radius 2 is 1.88 bits per heavy atom. The van der Waals surface area contributed by atoms with E-state index in [1.54, 1.807) is 0 Å². The summed E-state index contributed by atoms with van der Waals surface area (Å²) in [4.78, 5) is 0. The van der Waals surface area contributed by atoms with Crippen LogP contribution < -0.4 is 0 Å². The van der Waals surface area contributed by atoms with Crippen LogP contribution in [0.1, 0.15) is 27.2 Å². The zero-order valence-corrected chi connectivity index (χ0v) is 5.91. The van der Waals surface area contributed by atoms with Gasteiger partial charge in [0.1, 0.15) is 0 Å². The van der Waals surface area contributed by atoms with Crippen molar-refractivity contribution in [2.45, 2.75) is 27.2 Å². The van der Waals surface area contributed by atoms with Crippen LogP contribution in [-0.4, -0.2) is 0 Å². The Morgan fingerprint density at radius 3 is 2.00 bits per heavy atom. The summed E-state index contributed by atoms with van der Waals surface area (Å²) < 4.78 is 0. The van der Waals surface area contributed by atoms with Gasteiger partial charge >= 0.3 is 0 Å². The van der Waals surface area contributed by atoms with E-state index in [0.717, 1.165) is 6.42 Å². The standard InChI is InChI=1S/C8H13/c1-5-6-7-8(2,3)4/h1,7H2,2-4H3. The van der Waals surface area contributed by atoms with Gasteiger partial charge in [-0.25, -0.2) is 0 Å². The average Bonchev–Trinajstić information content (AvgIpc) is 1.59. The van der Waals surface area contributed by atoms with Crippen LogP contribution in [-0.2, 0) is 0 Å². The Balaban J connectivity index is 3.50. The van der Waals surface area contributed by atoms with Crippen molar-refractivity contribution < 1.29 is 0 Å². The third kappa shape index (κ3) is 5.56. The molecular formula is C8H13. The summed E-state index contributed by atoms with van der Waals surface area (Å²) >= 11 is 0. The first kappa shape index (κ1) is 7.56. The zero-order valence-electron chi connectivity index (χ0n) is 5.91. The van der Waals surface area contributed by atoms with Crippen LogP contribution in [0, 0.1) is 24.2 Å². The SMILES string of the molecule is [CH2]C#CCC(C)(C)C. The molecule has 8 heavy (non-hydrogen) atoms. The molecule has 0 spiro atoms. The second-order valence-corrected chi connectivity index (χ2v) is 3.09. The lowest BCUT2D eigenvalue weighted by Gasteiger charge is -2.12. The van der Waals surface area contributed by atoms with Crippen LogP contribution in [0.4, 0.5) is 0 Å². The predicted molar refractivity (Wildman–Crippen MR) is 37.2 cm³/mol. The largest absolute Gasteiger partial charge is 0.103 e. The minimum atomic E-state index is 0.338. The first-order valence-corrected chi connectivity index (χ1v) is 2.81. The summed E-state index contributed by atoms with van der Waals surface area (Å²) in [6.45, 7) is 9.92. The molecule has 0 aliphatic heterocycles. The summed E-state index contributed by atoms with van der Waals surface area (Å²) in [5, 5.41) is 0. The minimum Gasteiger partial charge on any atom is -0.103 e. The number of rotatable bonds is 0. The quantitative estimate of drug-likeness (QED) is 0.418. The molecule has 0 aromatic heterocycles. The highest BCUT2D eigenvalue weighted by Crippen LogP contribution is 2.16. The van der Waals surface area contributed by atoms with Gasteiger partial charge in [0.05, 0.1) is 0 Å². The maximum Gasteiger partial charge on any atom is 0.0198 e. The van der Waals surface area contributed by atoms with E-state index in [4.69, 9.17) is 0 Å². The Morgan fingerprint density at radius 1 is 1.38 bits per heavy atom. The summed E-state index contributed by atoms with van der Waals surface area (Å²) in [5.41, 5.74) is 0.338. The van der Waals surface area contributed by atoms with Crippen molar-refractivity contribution in [3.8, 4) is 11.8 Å². The Bertz CT molecular complexity index is 104. The van der Waals surface area contributed by atoms with Crippen LogP contribution >= 0.6 is 0 Å². The molecule has 0 rings (SSSR count). The Hall–Kier alpha value is -0.440. The highest BCUT2D eigenvalue weighted by Gasteiger charge is 2.05. The second kappa shape index (κ2) is 2.77. The fourth-order valence-corrected chi connectivity index (χ4v) is 0.328.